The maximum absolute atomic E-state index is 11.9. The Kier molecular flexibility index (Phi) is 12.6. The Morgan fingerprint density at radius 2 is 1.78 bits per heavy atom. The number of methoxy groups -OCH3 is 2. The summed E-state index contributed by atoms with van der Waals surface area (Å²) < 4.78 is 11.2. The molecule has 2 aliphatic heterocycles. The van der Waals surface area contributed by atoms with Gasteiger partial charge in [0.15, 0.2) is 0 Å². The van der Waals surface area contributed by atoms with E-state index in [4.69, 9.17) is 42.7 Å². The fourth-order valence-electron chi connectivity index (χ4n) is 6.06. The SMILES string of the molecule is C=N/C(CNC[C@@H]1CCC(=O)N1)=C(\N=C(C)c1cccc(-c2cccc(-c3cnc(CNC[C@@H]4CCC(=O)N4C)c(OC)n3)c2Cl)c1Cl)OC. The van der Waals surface area contributed by atoms with Crippen molar-refractivity contribution in [3.05, 3.63) is 75.5 Å². The number of likely N-dealkylation sites (N-methyl/N-ethyl adjacent to an activating group) is 1. The lowest BCUT2D eigenvalue weighted by atomic mass is 9.98. The summed E-state index contributed by atoms with van der Waals surface area (Å²) in [5, 5.41) is 10.5. The molecule has 3 aromatic rings. The normalized spacial score (nSPS) is 18.3. The molecule has 0 bridgehead atoms. The van der Waals surface area contributed by atoms with Crippen LogP contribution in [0.1, 0.15) is 43.9 Å². The molecule has 0 unspecified atom stereocenters. The highest BCUT2D eigenvalue weighted by molar-refractivity contribution is 6.39. The molecule has 2 fully saturated rings. The van der Waals surface area contributed by atoms with E-state index >= 15 is 0 Å². The minimum atomic E-state index is 0.0651. The molecule has 12 nitrogen and oxygen atoms in total. The fourth-order valence-corrected chi connectivity index (χ4v) is 6.75. The summed E-state index contributed by atoms with van der Waals surface area (Å²) in [5.41, 5.74) is 5.12. The molecule has 0 spiro atoms. The number of benzene rings is 2. The molecule has 2 aromatic carbocycles. The lowest BCUT2D eigenvalue weighted by molar-refractivity contribution is -0.127. The highest BCUT2D eigenvalue weighted by Crippen LogP contribution is 2.40. The number of aliphatic imine (C=N–C) groups is 2. The number of hydrogen-bond acceptors (Lipinski definition) is 10. The predicted octanol–water partition coefficient (Wildman–Crippen LogP) is 5.03. The van der Waals surface area contributed by atoms with Crippen molar-refractivity contribution in [3.8, 4) is 28.3 Å². The van der Waals surface area contributed by atoms with Crippen LogP contribution in [-0.4, -0.2) is 92.1 Å². The van der Waals surface area contributed by atoms with Crippen LogP contribution in [0, 0.1) is 0 Å². The summed E-state index contributed by atoms with van der Waals surface area (Å²) >= 11 is 14.1. The van der Waals surface area contributed by atoms with E-state index in [1.807, 2.05) is 50.4 Å². The molecule has 2 atom stereocenters. The third kappa shape index (κ3) is 8.50. The molecular formula is C36H42Cl2N8O4. The Morgan fingerprint density at radius 1 is 1.04 bits per heavy atom. The zero-order chi connectivity index (χ0) is 35.8. The molecular weight excluding hydrogens is 679 g/mol. The van der Waals surface area contributed by atoms with Crippen molar-refractivity contribution >= 4 is 47.4 Å². The minimum absolute atomic E-state index is 0.0651. The first-order valence-corrected chi connectivity index (χ1v) is 17.1. The number of ether oxygens (including phenoxy) is 2. The maximum Gasteiger partial charge on any atom is 0.237 e. The smallest absolute Gasteiger partial charge is 0.237 e. The van der Waals surface area contributed by atoms with Crippen LogP contribution in [-0.2, 0) is 20.9 Å². The van der Waals surface area contributed by atoms with Gasteiger partial charge in [-0.3, -0.25) is 19.6 Å². The zero-order valence-corrected chi connectivity index (χ0v) is 30.2. The quantitative estimate of drug-likeness (QED) is 0.147. The number of carbonyl (C=O) groups excluding carboxylic acids is 2. The number of likely N-dealkylation sites (tertiary alicyclic amines) is 1. The van der Waals surface area contributed by atoms with Gasteiger partial charge in [-0.2, -0.15) is 0 Å². The summed E-state index contributed by atoms with van der Waals surface area (Å²) in [6.45, 7) is 7.58. The summed E-state index contributed by atoms with van der Waals surface area (Å²) in [6, 6.07) is 11.6. The van der Waals surface area contributed by atoms with Crippen LogP contribution in [0.4, 0.5) is 0 Å². The summed E-state index contributed by atoms with van der Waals surface area (Å²) in [6.07, 6.45) is 4.41. The molecule has 0 saturated carbocycles. The van der Waals surface area contributed by atoms with Gasteiger partial charge in [-0.1, -0.05) is 59.6 Å². The Morgan fingerprint density at radius 3 is 2.44 bits per heavy atom. The minimum Gasteiger partial charge on any atom is -0.480 e. The van der Waals surface area contributed by atoms with Crippen LogP contribution >= 0.6 is 23.2 Å². The molecule has 0 radical (unpaired) electrons. The number of nitrogens with one attached hydrogen (secondary N) is 3. The number of rotatable bonds is 15. The van der Waals surface area contributed by atoms with Gasteiger partial charge in [-0.25, -0.2) is 9.98 Å². The first-order valence-electron chi connectivity index (χ1n) is 16.4. The summed E-state index contributed by atoms with van der Waals surface area (Å²) in [4.78, 5) is 43.4. The van der Waals surface area contributed by atoms with E-state index in [1.165, 1.54) is 7.11 Å². The van der Waals surface area contributed by atoms with Crippen molar-refractivity contribution in [3.63, 3.8) is 0 Å². The van der Waals surface area contributed by atoms with Crippen LogP contribution in [0.5, 0.6) is 5.88 Å². The Hall–Kier alpha value is -4.36. The fraction of sp³-hybridized carbons (Fsp3) is 0.389. The van der Waals surface area contributed by atoms with Gasteiger partial charge in [0, 0.05) is 80.4 Å². The van der Waals surface area contributed by atoms with Gasteiger partial charge < -0.3 is 30.3 Å². The molecule has 14 heteroatoms. The number of halogens is 2. The first kappa shape index (κ1) is 36.9. The van der Waals surface area contributed by atoms with Crippen molar-refractivity contribution in [2.24, 2.45) is 9.98 Å². The number of amides is 2. The van der Waals surface area contributed by atoms with Crippen LogP contribution < -0.4 is 20.7 Å². The van der Waals surface area contributed by atoms with Crippen LogP contribution in [0.3, 0.4) is 0 Å². The molecule has 3 N–H and O–H groups in total. The number of nitrogens with zero attached hydrogens (tertiary/aromatic N) is 5. The van der Waals surface area contributed by atoms with Crippen molar-refractivity contribution < 1.29 is 19.1 Å². The van der Waals surface area contributed by atoms with Crippen LogP contribution in [0.15, 0.2) is 64.2 Å². The van der Waals surface area contributed by atoms with Gasteiger partial charge in [-0.15, -0.1) is 0 Å². The second-order valence-corrected chi connectivity index (χ2v) is 12.9. The molecule has 1 aromatic heterocycles. The zero-order valence-electron chi connectivity index (χ0n) is 28.7. The largest absolute Gasteiger partial charge is 0.480 e. The number of aromatic nitrogens is 2. The van der Waals surface area contributed by atoms with E-state index in [2.05, 4.69) is 32.6 Å². The molecule has 5 rings (SSSR count). The van der Waals surface area contributed by atoms with E-state index in [0.717, 1.165) is 12.8 Å². The molecule has 50 heavy (non-hydrogen) atoms. The molecule has 3 heterocycles. The molecule has 2 amide bonds. The summed E-state index contributed by atoms with van der Waals surface area (Å²) in [5.74, 6) is 0.915. The first-order chi connectivity index (χ1) is 24.1. The Balaban J connectivity index is 1.35. The average Bonchev–Trinajstić information content (AvgIpc) is 3.69. The van der Waals surface area contributed by atoms with Crippen molar-refractivity contribution in [2.75, 3.05) is 40.9 Å². The molecule has 264 valence electrons. The lowest BCUT2D eigenvalue weighted by Gasteiger charge is -2.20. The topological polar surface area (TPSA) is 142 Å². The third-order valence-corrected chi connectivity index (χ3v) is 9.75. The maximum atomic E-state index is 11.9. The Bertz CT molecular complexity index is 1810. The van der Waals surface area contributed by atoms with E-state index in [1.54, 1.807) is 18.2 Å². The van der Waals surface area contributed by atoms with Gasteiger partial charge >= 0.3 is 0 Å². The number of carbonyl (C=O) groups is 2. The van der Waals surface area contributed by atoms with E-state index < -0.39 is 0 Å². The van der Waals surface area contributed by atoms with E-state index in [0.29, 0.717) is 106 Å². The second kappa shape index (κ2) is 17.0. The van der Waals surface area contributed by atoms with E-state index in [-0.39, 0.29) is 23.9 Å². The van der Waals surface area contributed by atoms with E-state index in [9.17, 15) is 9.59 Å². The summed E-state index contributed by atoms with van der Waals surface area (Å²) in [7, 11) is 4.91. The lowest BCUT2D eigenvalue weighted by Crippen LogP contribution is -2.37. The van der Waals surface area contributed by atoms with Crippen LogP contribution in [0.2, 0.25) is 10.0 Å². The van der Waals surface area contributed by atoms with Crippen molar-refractivity contribution in [1.29, 1.82) is 0 Å². The average molecular weight is 722 g/mol. The highest BCUT2D eigenvalue weighted by atomic mass is 35.5. The number of hydrogen-bond donors (Lipinski definition) is 3. The van der Waals surface area contributed by atoms with Gasteiger partial charge in [0.2, 0.25) is 23.6 Å². The standard InChI is InChI=1S/C36H42Cl2N8O4/c1-21(43-35(49-4)29(39-2)18-40-16-22-12-14-31(47)44-22)24-8-6-9-25(33(24)37)26-10-7-11-27(34(26)38)28-20-42-30(36(45-28)50-5)19-41-17-23-13-15-32(48)46(23)3/h6-11,20,22-23,40-41H,2,12-19H2,1,3-5H3,(H,44,47)/b35-29+,43-21?/t22-,23-/m0/s1. The Labute approximate surface area is 302 Å². The van der Waals surface area contributed by atoms with Gasteiger partial charge in [0.25, 0.3) is 0 Å². The van der Waals surface area contributed by atoms with Gasteiger partial charge in [-0.05, 0) is 26.5 Å². The molecule has 0 aliphatic carbocycles. The monoisotopic (exact) mass is 720 g/mol. The van der Waals surface area contributed by atoms with Gasteiger partial charge in [0.05, 0.1) is 41.9 Å². The predicted molar refractivity (Wildman–Crippen MR) is 197 cm³/mol. The van der Waals surface area contributed by atoms with Crippen molar-refractivity contribution in [2.45, 2.75) is 51.2 Å². The van der Waals surface area contributed by atoms with Gasteiger partial charge in [0.1, 0.15) is 11.4 Å². The molecule has 2 saturated heterocycles. The van der Waals surface area contributed by atoms with Crippen molar-refractivity contribution in [1.82, 2.24) is 30.8 Å². The third-order valence-electron chi connectivity index (χ3n) is 8.93. The van der Waals surface area contributed by atoms with Crippen LogP contribution in [0.25, 0.3) is 22.4 Å². The molecule has 2 aliphatic rings. The second-order valence-electron chi connectivity index (χ2n) is 12.1. The highest BCUT2D eigenvalue weighted by Gasteiger charge is 2.27.